The summed E-state index contributed by atoms with van der Waals surface area (Å²) < 4.78 is 17.5. The second-order valence-electron chi connectivity index (χ2n) is 2.29. The van der Waals surface area contributed by atoms with E-state index < -0.39 is 0 Å². The van der Waals surface area contributed by atoms with Gasteiger partial charge in [0.1, 0.15) is 11.6 Å². The molecule has 0 aliphatic heterocycles. The summed E-state index contributed by atoms with van der Waals surface area (Å²) in [5.41, 5.74) is 0.710. The third-order valence-corrected chi connectivity index (χ3v) is 1.52. The molecule has 0 aliphatic carbocycles. The van der Waals surface area contributed by atoms with Crippen LogP contribution < -0.4 is 4.74 Å². The van der Waals surface area contributed by atoms with E-state index in [4.69, 9.17) is 10.00 Å². The van der Waals surface area contributed by atoms with Crippen molar-refractivity contribution in [2.75, 3.05) is 7.11 Å². The molecule has 0 saturated carbocycles. The standard InChI is InChI=1S/C9H8FNO/c1-12-9-6-8(10)3-2-7(9)4-5-11/h2-3,6H,4H2,1H3. The Morgan fingerprint density at radius 3 is 2.92 bits per heavy atom. The average Bonchev–Trinajstić information content (AvgIpc) is 2.08. The van der Waals surface area contributed by atoms with E-state index in [1.165, 1.54) is 19.2 Å². The van der Waals surface area contributed by atoms with Gasteiger partial charge in [-0.25, -0.2) is 4.39 Å². The summed E-state index contributed by atoms with van der Waals surface area (Å²) >= 11 is 0. The molecule has 0 atom stereocenters. The third-order valence-electron chi connectivity index (χ3n) is 1.52. The Hall–Kier alpha value is -1.56. The maximum atomic E-state index is 12.6. The second kappa shape index (κ2) is 3.72. The fraction of sp³-hybridized carbons (Fsp3) is 0.222. The summed E-state index contributed by atoms with van der Waals surface area (Å²) in [5, 5.41) is 8.41. The van der Waals surface area contributed by atoms with Crippen LogP contribution in [-0.2, 0) is 6.42 Å². The topological polar surface area (TPSA) is 33.0 Å². The number of nitriles is 1. The fourth-order valence-electron chi connectivity index (χ4n) is 0.950. The highest BCUT2D eigenvalue weighted by Gasteiger charge is 2.02. The van der Waals surface area contributed by atoms with Gasteiger partial charge in [0.05, 0.1) is 19.6 Å². The van der Waals surface area contributed by atoms with Crippen LogP contribution in [-0.4, -0.2) is 7.11 Å². The molecule has 2 nitrogen and oxygen atoms in total. The summed E-state index contributed by atoms with van der Waals surface area (Å²) in [5.74, 6) is 0.0742. The minimum absolute atomic E-state index is 0.240. The summed E-state index contributed by atoms with van der Waals surface area (Å²) in [7, 11) is 1.45. The molecule has 1 aromatic carbocycles. The molecule has 0 bridgehead atoms. The van der Waals surface area contributed by atoms with Crippen molar-refractivity contribution < 1.29 is 9.13 Å². The monoisotopic (exact) mass is 165 g/mol. The summed E-state index contributed by atoms with van der Waals surface area (Å²) in [6.07, 6.45) is 0.240. The smallest absolute Gasteiger partial charge is 0.126 e. The highest BCUT2D eigenvalue weighted by atomic mass is 19.1. The molecule has 0 heterocycles. The summed E-state index contributed by atoms with van der Waals surface area (Å²) in [6, 6.07) is 6.11. The number of methoxy groups -OCH3 is 1. The molecule has 0 N–H and O–H groups in total. The van der Waals surface area contributed by atoms with Gasteiger partial charge in [-0.1, -0.05) is 6.07 Å². The van der Waals surface area contributed by atoms with Crippen LogP contribution in [0.3, 0.4) is 0 Å². The zero-order valence-corrected chi connectivity index (χ0v) is 6.67. The Labute approximate surface area is 70.2 Å². The maximum Gasteiger partial charge on any atom is 0.126 e. The molecule has 0 unspecified atom stereocenters. The molecule has 0 saturated heterocycles. The Kier molecular flexibility index (Phi) is 2.65. The number of benzene rings is 1. The molecular formula is C9H8FNO. The molecule has 0 amide bonds. The van der Waals surface area contributed by atoms with Gasteiger partial charge in [0.2, 0.25) is 0 Å². The van der Waals surface area contributed by atoms with Crippen molar-refractivity contribution in [3.63, 3.8) is 0 Å². The van der Waals surface area contributed by atoms with Crippen molar-refractivity contribution in [2.24, 2.45) is 0 Å². The lowest BCUT2D eigenvalue weighted by Gasteiger charge is -2.04. The Balaban J connectivity index is 3.04. The number of rotatable bonds is 2. The van der Waals surface area contributed by atoms with E-state index in [1.54, 1.807) is 6.07 Å². The minimum Gasteiger partial charge on any atom is -0.496 e. The lowest BCUT2D eigenvalue weighted by molar-refractivity contribution is 0.407. The fourth-order valence-corrected chi connectivity index (χ4v) is 0.950. The van der Waals surface area contributed by atoms with Crippen molar-refractivity contribution in [2.45, 2.75) is 6.42 Å². The van der Waals surface area contributed by atoms with Gasteiger partial charge >= 0.3 is 0 Å². The first-order chi connectivity index (χ1) is 5.77. The summed E-state index contributed by atoms with van der Waals surface area (Å²) in [4.78, 5) is 0. The number of halogens is 1. The van der Waals surface area contributed by atoms with Gasteiger partial charge < -0.3 is 4.74 Å². The van der Waals surface area contributed by atoms with Gasteiger partial charge in [-0.2, -0.15) is 5.26 Å². The van der Waals surface area contributed by atoms with Gasteiger partial charge in [0, 0.05) is 11.6 Å². The van der Waals surface area contributed by atoms with Gasteiger partial charge in [-0.3, -0.25) is 0 Å². The normalized spacial score (nSPS) is 9.08. The molecular weight excluding hydrogens is 157 g/mol. The lowest BCUT2D eigenvalue weighted by Crippen LogP contribution is -1.91. The molecule has 62 valence electrons. The Morgan fingerprint density at radius 2 is 2.33 bits per heavy atom. The van der Waals surface area contributed by atoms with E-state index in [1.807, 2.05) is 6.07 Å². The van der Waals surface area contributed by atoms with Crippen LogP contribution in [0.2, 0.25) is 0 Å². The average molecular weight is 165 g/mol. The highest BCUT2D eigenvalue weighted by Crippen LogP contribution is 2.19. The van der Waals surface area contributed by atoms with Gasteiger partial charge in [0.15, 0.2) is 0 Å². The predicted molar refractivity (Wildman–Crippen MR) is 42.3 cm³/mol. The number of hydrogen-bond acceptors (Lipinski definition) is 2. The molecule has 1 rings (SSSR count). The molecule has 0 aromatic heterocycles. The second-order valence-corrected chi connectivity index (χ2v) is 2.29. The van der Waals surface area contributed by atoms with Crippen LogP contribution in [0, 0.1) is 17.1 Å². The van der Waals surface area contributed by atoms with Gasteiger partial charge in [-0.15, -0.1) is 0 Å². The predicted octanol–water partition coefficient (Wildman–Crippen LogP) is 1.90. The minimum atomic E-state index is -0.353. The zero-order chi connectivity index (χ0) is 8.97. The number of nitrogens with zero attached hydrogens (tertiary/aromatic N) is 1. The Bertz CT molecular complexity index is 317. The zero-order valence-electron chi connectivity index (χ0n) is 6.67. The van der Waals surface area contributed by atoms with Crippen LogP contribution in [0.25, 0.3) is 0 Å². The first kappa shape index (κ1) is 8.54. The van der Waals surface area contributed by atoms with Crippen LogP contribution in [0.15, 0.2) is 18.2 Å². The quantitative estimate of drug-likeness (QED) is 0.670. The van der Waals surface area contributed by atoms with E-state index in [0.29, 0.717) is 11.3 Å². The van der Waals surface area contributed by atoms with Crippen molar-refractivity contribution >= 4 is 0 Å². The van der Waals surface area contributed by atoms with E-state index >= 15 is 0 Å². The van der Waals surface area contributed by atoms with Crippen molar-refractivity contribution in [1.29, 1.82) is 5.26 Å². The van der Waals surface area contributed by atoms with Crippen LogP contribution in [0.5, 0.6) is 5.75 Å². The lowest BCUT2D eigenvalue weighted by atomic mass is 10.1. The molecule has 1 aromatic rings. The highest BCUT2D eigenvalue weighted by molar-refractivity contribution is 5.35. The van der Waals surface area contributed by atoms with Gasteiger partial charge in [0.25, 0.3) is 0 Å². The van der Waals surface area contributed by atoms with Crippen molar-refractivity contribution in [3.05, 3.63) is 29.6 Å². The Morgan fingerprint density at radius 1 is 1.58 bits per heavy atom. The molecule has 12 heavy (non-hydrogen) atoms. The largest absolute Gasteiger partial charge is 0.496 e. The molecule has 0 radical (unpaired) electrons. The van der Waals surface area contributed by atoms with E-state index in [2.05, 4.69) is 0 Å². The van der Waals surface area contributed by atoms with E-state index in [-0.39, 0.29) is 12.2 Å². The molecule has 0 aliphatic rings. The number of ether oxygens (including phenoxy) is 1. The van der Waals surface area contributed by atoms with E-state index in [9.17, 15) is 4.39 Å². The van der Waals surface area contributed by atoms with Crippen molar-refractivity contribution in [3.8, 4) is 11.8 Å². The SMILES string of the molecule is COc1cc(F)ccc1CC#N. The van der Waals surface area contributed by atoms with Crippen LogP contribution in [0.4, 0.5) is 4.39 Å². The van der Waals surface area contributed by atoms with Gasteiger partial charge in [-0.05, 0) is 6.07 Å². The molecule has 0 spiro atoms. The van der Waals surface area contributed by atoms with E-state index in [0.717, 1.165) is 0 Å². The molecule has 3 heteroatoms. The maximum absolute atomic E-state index is 12.6. The third kappa shape index (κ3) is 1.73. The first-order valence-electron chi connectivity index (χ1n) is 3.47. The van der Waals surface area contributed by atoms with Crippen molar-refractivity contribution in [1.82, 2.24) is 0 Å². The molecule has 0 fully saturated rings. The first-order valence-corrected chi connectivity index (χ1v) is 3.47. The summed E-state index contributed by atoms with van der Waals surface area (Å²) in [6.45, 7) is 0. The van der Waals surface area contributed by atoms with Crippen LogP contribution in [0.1, 0.15) is 5.56 Å². The number of hydrogen-bond donors (Lipinski definition) is 0. The van der Waals surface area contributed by atoms with Crippen LogP contribution >= 0.6 is 0 Å².